The molecule has 0 aromatic carbocycles. The summed E-state index contributed by atoms with van der Waals surface area (Å²) in [7, 11) is -1.59. The number of rotatable bonds is 5. The smallest absolute Gasteiger partial charge is 0.318 e. The number of aromatic nitrogens is 1. The van der Waals surface area contributed by atoms with E-state index in [1.165, 1.54) is 11.1 Å². The molecule has 0 aliphatic carbocycles. The first-order valence-electron chi connectivity index (χ1n) is 6.46. The van der Waals surface area contributed by atoms with Crippen LogP contribution in [0.2, 0.25) is 5.15 Å². The van der Waals surface area contributed by atoms with Crippen molar-refractivity contribution in [3.8, 4) is 0 Å². The maximum atomic E-state index is 12.1. The summed E-state index contributed by atoms with van der Waals surface area (Å²) < 4.78 is 28.8. The van der Waals surface area contributed by atoms with Gasteiger partial charge in [-0.3, -0.25) is 19.2 Å². The third-order valence-corrected chi connectivity index (χ3v) is 4.83. The zero-order valence-corrected chi connectivity index (χ0v) is 14.0. The molecule has 1 aliphatic rings. The minimum absolute atomic E-state index is 0.0969. The summed E-state index contributed by atoms with van der Waals surface area (Å²) in [5.41, 5.74) is 0.235. The number of nitro groups is 1. The Morgan fingerprint density at radius 2 is 2.17 bits per heavy atom. The summed E-state index contributed by atoms with van der Waals surface area (Å²) in [6.45, 7) is 0.210. The van der Waals surface area contributed by atoms with E-state index in [2.05, 4.69) is 9.17 Å². The molecule has 0 amide bonds. The summed E-state index contributed by atoms with van der Waals surface area (Å²) in [5, 5.41) is 11.1. The average Bonchev–Trinajstić information content (AvgIpc) is 2.48. The van der Waals surface area contributed by atoms with Gasteiger partial charge in [0.15, 0.2) is 0 Å². The molecule has 0 bridgehead atoms. The minimum atomic E-state index is -4.23. The van der Waals surface area contributed by atoms with Crippen molar-refractivity contribution < 1.29 is 17.5 Å². The highest BCUT2D eigenvalue weighted by Crippen LogP contribution is 2.26. The van der Waals surface area contributed by atoms with Gasteiger partial charge in [-0.1, -0.05) is 17.7 Å². The monoisotopic (exact) mass is 362 g/mol. The molecule has 23 heavy (non-hydrogen) atoms. The van der Waals surface area contributed by atoms with E-state index >= 15 is 0 Å². The van der Waals surface area contributed by atoms with Gasteiger partial charge in [-0.15, -0.1) is 0 Å². The van der Waals surface area contributed by atoms with E-state index in [1.807, 2.05) is 0 Å². The third-order valence-electron chi connectivity index (χ3n) is 3.20. The molecule has 0 radical (unpaired) electrons. The van der Waals surface area contributed by atoms with Gasteiger partial charge in [0.05, 0.1) is 25.2 Å². The highest BCUT2D eigenvalue weighted by molar-refractivity contribution is 7.90. The highest BCUT2D eigenvalue weighted by Gasteiger charge is 2.39. The number of halogens is 1. The fraction of sp³-hybridized carbons (Fsp3) is 0.417. The number of pyridine rings is 1. The van der Waals surface area contributed by atoms with Crippen molar-refractivity contribution in [3.05, 3.63) is 49.9 Å². The second-order valence-electron chi connectivity index (χ2n) is 4.97. The van der Waals surface area contributed by atoms with Gasteiger partial charge in [-0.05, 0) is 18.7 Å². The van der Waals surface area contributed by atoms with Crippen LogP contribution in [0, 0.1) is 10.1 Å². The van der Waals surface area contributed by atoms with E-state index in [-0.39, 0.29) is 19.8 Å². The standard InChI is InChI=1S/C12H15ClN4O5S/c1-15-7-10(17(18)19)12(23(20,21)22-2)16(8-15)6-9-3-4-11(13)14-5-9/h3-5H,6-8H2,1-2H3. The van der Waals surface area contributed by atoms with Gasteiger partial charge in [-0.25, -0.2) is 4.98 Å². The van der Waals surface area contributed by atoms with Crippen molar-refractivity contribution in [2.24, 2.45) is 0 Å². The van der Waals surface area contributed by atoms with Crippen LogP contribution >= 0.6 is 11.6 Å². The molecule has 0 atom stereocenters. The van der Waals surface area contributed by atoms with Crippen LogP contribution in [0.1, 0.15) is 5.56 Å². The molecule has 0 saturated heterocycles. The lowest BCUT2D eigenvalue weighted by Crippen LogP contribution is -2.45. The second-order valence-corrected chi connectivity index (χ2v) is 6.99. The van der Waals surface area contributed by atoms with Crippen LogP contribution in [0.4, 0.5) is 0 Å². The summed E-state index contributed by atoms with van der Waals surface area (Å²) in [4.78, 5) is 17.5. The van der Waals surface area contributed by atoms with Gasteiger partial charge in [0.1, 0.15) is 5.15 Å². The Bertz CT molecular complexity index is 734. The van der Waals surface area contributed by atoms with Crippen LogP contribution in [0.25, 0.3) is 0 Å². The fourth-order valence-corrected chi connectivity index (χ4v) is 3.41. The van der Waals surface area contributed by atoms with Crippen molar-refractivity contribution in [1.29, 1.82) is 0 Å². The summed E-state index contributed by atoms with van der Waals surface area (Å²) in [5.74, 6) is 0. The van der Waals surface area contributed by atoms with Crippen LogP contribution < -0.4 is 0 Å². The molecule has 2 rings (SSSR count). The molecule has 1 aromatic rings. The van der Waals surface area contributed by atoms with Crippen molar-refractivity contribution in [2.75, 3.05) is 27.4 Å². The molecule has 9 nitrogen and oxygen atoms in total. The van der Waals surface area contributed by atoms with Crippen LogP contribution in [0.3, 0.4) is 0 Å². The molecule has 0 unspecified atom stereocenters. The second kappa shape index (κ2) is 6.79. The van der Waals surface area contributed by atoms with E-state index in [1.54, 1.807) is 24.1 Å². The van der Waals surface area contributed by atoms with Crippen molar-refractivity contribution in [2.45, 2.75) is 6.54 Å². The number of hydrogen-bond donors (Lipinski definition) is 0. The molecule has 126 valence electrons. The van der Waals surface area contributed by atoms with Crippen molar-refractivity contribution in [1.82, 2.24) is 14.8 Å². The van der Waals surface area contributed by atoms with Gasteiger partial charge in [0.25, 0.3) is 5.70 Å². The molecule has 1 aliphatic heterocycles. The topological polar surface area (TPSA) is 106 Å². The molecular formula is C12H15ClN4O5S. The molecule has 0 spiro atoms. The van der Waals surface area contributed by atoms with Crippen LogP contribution in [-0.4, -0.2) is 55.5 Å². The van der Waals surface area contributed by atoms with Crippen molar-refractivity contribution in [3.63, 3.8) is 0 Å². The van der Waals surface area contributed by atoms with Gasteiger partial charge in [-0.2, -0.15) is 8.42 Å². The molecule has 0 fully saturated rings. The zero-order chi connectivity index (χ0) is 17.2. The van der Waals surface area contributed by atoms with E-state index in [0.717, 1.165) is 7.11 Å². The first-order chi connectivity index (χ1) is 10.7. The maximum absolute atomic E-state index is 12.1. The van der Waals surface area contributed by atoms with E-state index in [9.17, 15) is 18.5 Å². The van der Waals surface area contributed by atoms with Crippen LogP contribution in [0.5, 0.6) is 0 Å². The fourth-order valence-electron chi connectivity index (χ4n) is 2.27. The predicted octanol–water partition coefficient (Wildman–Crippen LogP) is 0.862. The number of likely N-dealkylation sites (N-methyl/N-ethyl adjacent to an activating group) is 1. The third kappa shape index (κ3) is 3.96. The first kappa shape index (κ1) is 17.6. The lowest BCUT2D eigenvalue weighted by Gasteiger charge is -2.34. The number of hydrogen-bond acceptors (Lipinski definition) is 8. The molecule has 0 saturated carbocycles. The summed E-state index contributed by atoms with van der Waals surface area (Å²) >= 11 is 5.72. The summed E-state index contributed by atoms with van der Waals surface area (Å²) in [6, 6.07) is 3.24. The quantitative estimate of drug-likeness (QED) is 0.328. The zero-order valence-electron chi connectivity index (χ0n) is 12.5. The average molecular weight is 363 g/mol. The largest absolute Gasteiger partial charge is 0.338 e. The SMILES string of the molecule is COS(=O)(=O)C1=C([N+](=O)[O-])CN(C)CN1Cc1ccc(Cl)nc1. The van der Waals surface area contributed by atoms with E-state index in [4.69, 9.17) is 11.6 Å². The maximum Gasteiger partial charge on any atom is 0.318 e. The lowest BCUT2D eigenvalue weighted by molar-refractivity contribution is -0.431. The lowest BCUT2D eigenvalue weighted by atomic mass is 10.2. The Morgan fingerprint density at radius 3 is 2.70 bits per heavy atom. The minimum Gasteiger partial charge on any atom is -0.338 e. The van der Waals surface area contributed by atoms with E-state index < -0.39 is 25.8 Å². The molecular weight excluding hydrogens is 348 g/mol. The molecule has 0 N–H and O–H groups in total. The Hall–Kier alpha value is -1.75. The molecule has 11 heteroatoms. The molecule has 2 heterocycles. The van der Waals surface area contributed by atoms with E-state index in [0.29, 0.717) is 10.7 Å². The van der Waals surface area contributed by atoms with Gasteiger partial charge in [0, 0.05) is 12.7 Å². The molecule has 1 aromatic heterocycles. The Kier molecular flexibility index (Phi) is 5.19. The van der Waals surface area contributed by atoms with Crippen LogP contribution in [-0.2, 0) is 20.8 Å². The first-order valence-corrected chi connectivity index (χ1v) is 8.25. The van der Waals surface area contributed by atoms with Gasteiger partial charge < -0.3 is 4.90 Å². The Morgan fingerprint density at radius 1 is 1.48 bits per heavy atom. The van der Waals surface area contributed by atoms with Crippen LogP contribution in [0.15, 0.2) is 29.1 Å². The normalized spacial score (nSPS) is 16.7. The predicted molar refractivity (Wildman–Crippen MR) is 82.2 cm³/mol. The summed E-state index contributed by atoms with van der Waals surface area (Å²) in [6.07, 6.45) is 1.49. The van der Waals surface area contributed by atoms with Crippen molar-refractivity contribution >= 4 is 21.7 Å². The Balaban J connectivity index is 2.47. The Labute approximate surface area is 138 Å². The van der Waals surface area contributed by atoms with Gasteiger partial charge in [0.2, 0.25) is 5.03 Å². The highest BCUT2D eigenvalue weighted by atomic mass is 35.5. The number of nitrogens with zero attached hydrogens (tertiary/aromatic N) is 4. The van der Waals surface area contributed by atoms with Gasteiger partial charge >= 0.3 is 10.1 Å².